The van der Waals surface area contributed by atoms with Crippen LogP contribution in [0.3, 0.4) is 0 Å². The van der Waals surface area contributed by atoms with Gasteiger partial charge in [-0.3, -0.25) is 9.59 Å². The fourth-order valence-corrected chi connectivity index (χ4v) is 8.67. The maximum atomic E-state index is 12.1. The Morgan fingerprint density at radius 3 is 2.57 bits per heavy atom. The Bertz CT molecular complexity index is 627. The number of esters is 1. The van der Waals surface area contributed by atoms with E-state index in [9.17, 15) is 9.59 Å². The van der Waals surface area contributed by atoms with Gasteiger partial charge in [-0.15, -0.1) is 0 Å². The van der Waals surface area contributed by atoms with Crippen molar-refractivity contribution in [1.29, 1.82) is 0 Å². The summed E-state index contributed by atoms with van der Waals surface area (Å²) < 4.78 is 4.87. The van der Waals surface area contributed by atoms with Gasteiger partial charge in [0.2, 0.25) is 0 Å². The smallest absolute Gasteiger partial charge is 0.305 e. The second kappa shape index (κ2) is 7.43. The van der Waals surface area contributed by atoms with E-state index in [-0.39, 0.29) is 5.97 Å². The molecular formula is C25H40O3. The number of carbonyl (C=O) groups is 2. The van der Waals surface area contributed by atoms with Crippen molar-refractivity contribution in [3.05, 3.63) is 0 Å². The summed E-state index contributed by atoms with van der Waals surface area (Å²) in [5.41, 5.74) is 0.858. The van der Waals surface area contributed by atoms with Crippen LogP contribution in [0.15, 0.2) is 0 Å². The molecule has 0 N–H and O–H groups in total. The fraction of sp³-hybridized carbons (Fsp3) is 0.920. The summed E-state index contributed by atoms with van der Waals surface area (Å²) in [6, 6.07) is 0. The number of fused-ring (bicyclic) bond motifs is 5. The van der Waals surface area contributed by atoms with E-state index in [0.717, 1.165) is 49.4 Å². The Kier molecular flexibility index (Phi) is 5.42. The highest BCUT2D eigenvalue weighted by Crippen LogP contribution is 2.68. The summed E-state index contributed by atoms with van der Waals surface area (Å²) in [5, 5.41) is 0. The molecule has 0 bridgehead atoms. The summed E-state index contributed by atoms with van der Waals surface area (Å²) in [6.07, 6.45) is 12.4. The van der Waals surface area contributed by atoms with Gasteiger partial charge >= 0.3 is 5.97 Å². The van der Waals surface area contributed by atoms with Crippen molar-refractivity contribution in [2.75, 3.05) is 7.11 Å². The molecule has 4 fully saturated rings. The van der Waals surface area contributed by atoms with Crippen molar-refractivity contribution in [1.82, 2.24) is 0 Å². The molecule has 0 aromatic heterocycles. The van der Waals surface area contributed by atoms with Gasteiger partial charge in [0, 0.05) is 19.3 Å². The molecule has 0 radical (unpaired) electrons. The zero-order chi connectivity index (χ0) is 20.1. The minimum Gasteiger partial charge on any atom is -0.469 e. The largest absolute Gasteiger partial charge is 0.469 e. The van der Waals surface area contributed by atoms with Crippen LogP contribution in [0.2, 0.25) is 0 Å². The average molecular weight is 389 g/mol. The van der Waals surface area contributed by atoms with Crippen LogP contribution >= 0.6 is 0 Å². The molecule has 3 nitrogen and oxygen atoms in total. The monoisotopic (exact) mass is 388 g/mol. The molecule has 3 heteroatoms. The van der Waals surface area contributed by atoms with Gasteiger partial charge in [-0.2, -0.15) is 0 Å². The van der Waals surface area contributed by atoms with Crippen molar-refractivity contribution in [3.63, 3.8) is 0 Å². The molecule has 4 rings (SSSR count). The van der Waals surface area contributed by atoms with E-state index < -0.39 is 0 Å². The van der Waals surface area contributed by atoms with E-state index in [0.29, 0.717) is 34.9 Å². The Hall–Kier alpha value is -0.860. The van der Waals surface area contributed by atoms with Crippen LogP contribution in [-0.4, -0.2) is 18.9 Å². The molecule has 3 unspecified atom stereocenters. The first-order valence-corrected chi connectivity index (χ1v) is 11.9. The molecule has 0 aromatic carbocycles. The highest BCUT2D eigenvalue weighted by Gasteiger charge is 2.60. The molecule has 8 atom stereocenters. The van der Waals surface area contributed by atoms with Gasteiger partial charge in [0.25, 0.3) is 0 Å². The van der Waals surface area contributed by atoms with Crippen molar-refractivity contribution in [2.24, 2.45) is 46.3 Å². The third kappa shape index (κ3) is 3.16. The zero-order valence-corrected chi connectivity index (χ0v) is 18.5. The van der Waals surface area contributed by atoms with Gasteiger partial charge in [0.15, 0.2) is 0 Å². The summed E-state index contributed by atoms with van der Waals surface area (Å²) in [7, 11) is 1.50. The van der Waals surface area contributed by atoms with Crippen LogP contribution < -0.4 is 0 Å². The summed E-state index contributed by atoms with van der Waals surface area (Å²) >= 11 is 0. The van der Waals surface area contributed by atoms with Gasteiger partial charge in [0.05, 0.1) is 7.11 Å². The minimum absolute atomic E-state index is 0.0617. The van der Waals surface area contributed by atoms with Crippen molar-refractivity contribution < 1.29 is 14.3 Å². The minimum atomic E-state index is -0.0617. The van der Waals surface area contributed by atoms with Crippen LogP contribution in [0.5, 0.6) is 0 Å². The lowest BCUT2D eigenvalue weighted by atomic mass is 9.44. The molecule has 0 spiro atoms. The van der Waals surface area contributed by atoms with Gasteiger partial charge in [-0.1, -0.05) is 20.8 Å². The lowest BCUT2D eigenvalue weighted by molar-refractivity contribution is -0.141. The Labute approximate surface area is 171 Å². The third-order valence-corrected chi connectivity index (χ3v) is 10.3. The predicted octanol–water partition coefficient (Wildman–Crippen LogP) is 5.80. The van der Waals surface area contributed by atoms with E-state index in [1.54, 1.807) is 0 Å². The second-order valence-electron chi connectivity index (χ2n) is 11.2. The van der Waals surface area contributed by atoms with Gasteiger partial charge in [-0.25, -0.2) is 0 Å². The summed E-state index contributed by atoms with van der Waals surface area (Å²) in [5.74, 6) is 5.01. The van der Waals surface area contributed by atoms with E-state index in [1.165, 1.54) is 45.6 Å². The van der Waals surface area contributed by atoms with Gasteiger partial charge in [0.1, 0.15) is 5.78 Å². The molecule has 158 valence electrons. The number of rotatable bonds is 4. The lowest BCUT2D eigenvalue weighted by Gasteiger charge is -2.60. The predicted molar refractivity (Wildman–Crippen MR) is 111 cm³/mol. The quantitative estimate of drug-likeness (QED) is 0.571. The Morgan fingerprint density at radius 1 is 1.07 bits per heavy atom. The molecule has 0 aromatic rings. The Balaban J connectivity index is 1.49. The van der Waals surface area contributed by atoms with E-state index in [1.807, 2.05) is 0 Å². The number of hydrogen-bond acceptors (Lipinski definition) is 3. The average Bonchev–Trinajstić information content (AvgIpc) is 3.03. The van der Waals surface area contributed by atoms with Crippen molar-refractivity contribution >= 4 is 11.8 Å². The fourth-order valence-electron chi connectivity index (χ4n) is 8.67. The van der Waals surface area contributed by atoms with E-state index >= 15 is 0 Å². The van der Waals surface area contributed by atoms with Crippen LogP contribution in [0.1, 0.15) is 91.4 Å². The maximum Gasteiger partial charge on any atom is 0.305 e. The van der Waals surface area contributed by atoms with E-state index in [2.05, 4.69) is 20.8 Å². The van der Waals surface area contributed by atoms with Gasteiger partial charge < -0.3 is 4.74 Å². The highest BCUT2D eigenvalue weighted by molar-refractivity contribution is 5.79. The molecule has 4 saturated carbocycles. The number of carbonyl (C=O) groups excluding carboxylic acids is 2. The van der Waals surface area contributed by atoms with Gasteiger partial charge in [-0.05, 0) is 97.7 Å². The number of ketones is 1. The maximum absolute atomic E-state index is 12.1. The first kappa shape index (κ1) is 20.4. The summed E-state index contributed by atoms with van der Waals surface area (Å²) in [4.78, 5) is 23.7. The Morgan fingerprint density at radius 2 is 1.82 bits per heavy atom. The first-order chi connectivity index (χ1) is 13.3. The van der Waals surface area contributed by atoms with Crippen LogP contribution in [0, 0.1) is 46.3 Å². The molecular weight excluding hydrogens is 348 g/mol. The molecule has 0 heterocycles. The molecule has 4 aliphatic carbocycles. The third-order valence-electron chi connectivity index (χ3n) is 10.3. The molecule has 28 heavy (non-hydrogen) atoms. The van der Waals surface area contributed by atoms with Crippen molar-refractivity contribution in [2.45, 2.75) is 91.4 Å². The zero-order valence-electron chi connectivity index (χ0n) is 18.5. The van der Waals surface area contributed by atoms with Crippen LogP contribution in [-0.2, 0) is 14.3 Å². The number of ether oxygens (including phenoxy) is 1. The van der Waals surface area contributed by atoms with E-state index in [4.69, 9.17) is 4.74 Å². The molecule has 0 amide bonds. The molecule has 4 aliphatic rings. The first-order valence-electron chi connectivity index (χ1n) is 11.9. The lowest BCUT2D eigenvalue weighted by Crippen LogP contribution is -2.53. The number of hydrogen-bond donors (Lipinski definition) is 0. The van der Waals surface area contributed by atoms with Crippen molar-refractivity contribution in [3.8, 4) is 0 Å². The molecule has 0 aliphatic heterocycles. The highest BCUT2D eigenvalue weighted by atomic mass is 16.5. The topological polar surface area (TPSA) is 43.4 Å². The number of methoxy groups -OCH3 is 1. The standard InChI is InChI=1S/C25H40O3/c1-16(5-10-23(27)28-4)20-8-9-21-19-7-6-17-15-18(26)11-13-24(17,2)22(19)12-14-25(20,21)3/h16-17,19-22H,5-15H2,1-4H3/t16-,17-,19+,20?,21?,22?,24+,25-/m1/s1. The summed E-state index contributed by atoms with van der Waals surface area (Å²) in [6.45, 7) is 7.49. The normalized spacial score (nSPS) is 46.3. The SMILES string of the molecule is COC(=O)CC[C@@H](C)C1CCC2[C@@H]3CC[C@@H]4CC(=O)CC[C@]4(C)C3CC[C@@]21C. The van der Waals surface area contributed by atoms with Crippen LogP contribution in [0.4, 0.5) is 0 Å². The molecule has 0 saturated heterocycles. The number of Topliss-reactive ketones (excluding diaryl/α,β-unsaturated/α-hetero) is 1. The van der Waals surface area contributed by atoms with Crippen LogP contribution in [0.25, 0.3) is 0 Å². The second-order valence-corrected chi connectivity index (χ2v) is 11.2.